The second kappa shape index (κ2) is 6.84. The Labute approximate surface area is 147 Å². The van der Waals surface area contributed by atoms with Crippen LogP contribution in [0.5, 0.6) is 0 Å². The number of amides is 4. The number of carbonyl (C=O) groups is 3. The Kier molecular flexibility index (Phi) is 4.76. The topological polar surface area (TPSA) is 81.8 Å². The van der Waals surface area contributed by atoms with Gasteiger partial charge in [0.25, 0.3) is 5.91 Å². The van der Waals surface area contributed by atoms with Gasteiger partial charge in [-0.15, -0.1) is 0 Å². The van der Waals surface area contributed by atoms with E-state index in [1.54, 1.807) is 11.9 Å². The van der Waals surface area contributed by atoms with Gasteiger partial charge in [0, 0.05) is 6.04 Å². The zero-order chi connectivity index (χ0) is 18.0. The Morgan fingerprint density at radius 3 is 2.60 bits per heavy atom. The van der Waals surface area contributed by atoms with Gasteiger partial charge in [-0.3, -0.25) is 14.5 Å². The lowest BCUT2D eigenvalue weighted by atomic mass is 9.87. The molecule has 1 saturated heterocycles. The van der Waals surface area contributed by atoms with Gasteiger partial charge in [0.15, 0.2) is 0 Å². The molecule has 134 valence electrons. The normalized spacial score (nSPS) is 23.1. The Morgan fingerprint density at radius 1 is 1.32 bits per heavy atom. The van der Waals surface area contributed by atoms with Crippen molar-refractivity contribution in [1.29, 1.82) is 0 Å². The Balaban J connectivity index is 1.69. The number of urea groups is 1. The van der Waals surface area contributed by atoms with Crippen LogP contribution in [0.15, 0.2) is 30.3 Å². The van der Waals surface area contributed by atoms with Gasteiger partial charge in [-0.2, -0.15) is 0 Å². The standard InChI is InChI=1S/C18H24N4O3/c1-3-18(13-7-5-4-6-8-13)16(24)22(17(25)20-18)12-21(2)11-15(23)19-14-9-10-14/h4-8,14H,3,9-12H2,1-2H3,(H,19,23)(H,20,25)/t18-/m1/s1. The van der Waals surface area contributed by atoms with Gasteiger partial charge in [-0.25, -0.2) is 9.69 Å². The molecule has 0 spiro atoms. The summed E-state index contributed by atoms with van der Waals surface area (Å²) in [6, 6.07) is 9.13. The van der Waals surface area contributed by atoms with Crippen LogP contribution in [0, 0.1) is 0 Å². The monoisotopic (exact) mass is 344 g/mol. The van der Waals surface area contributed by atoms with E-state index in [0.29, 0.717) is 12.5 Å². The molecule has 1 saturated carbocycles. The first-order valence-electron chi connectivity index (χ1n) is 8.64. The Morgan fingerprint density at radius 2 is 2.00 bits per heavy atom. The molecule has 4 amide bonds. The molecule has 1 atom stereocenters. The summed E-state index contributed by atoms with van der Waals surface area (Å²) in [5, 5.41) is 5.75. The van der Waals surface area contributed by atoms with Gasteiger partial charge in [0.05, 0.1) is 13.2 Å². The lowest BCUT2D eigenvalue weighted by Gasteiger charge is -2.27. The molecule has 1 heterocycles. The molecule has 0 aromatic heterocycles. The van der Waals surface area contributed by atoms with Crippen molar-refractivity contribution in [2.24, 2.45) is 0 Å². The summed E-state index contributed by atoms with van der Waals surface area (Å²) in [5.41, 5.74) is -0.261. The van der Waals surface area contributed by atoms with Crippen LogP contribution < -0.4 is 10.6 Å². The molecule has 1 aromatic rings. The molecule has 0 unspecified atom stereocenters. The number of nitrogens with zero attached hydrogens (tertiary/aromatic N) is 2. The molecule has 1 aliphatic heterocycles. The van der Waals surface area contributed by atoms with Crippen LogP contribution in [-0.4, -0.2) is 53.9 Å². The van der Waals surface area contributed by atoms with Crippen LogP contribution >= 0.6 is 0 Å². The van der Waals surface area contributed by atoms with E-state index in [4.69, 9.17) is 0 Å². The molecule has 7 heteroatoms. The fourth-order valence-electron chi connectivity index (χ4n) is 3.15. The molecule has 3 rings (SSSR count). The van der Waals surface area contributed by atoms with Crippen molar-refractivity contribution in [1.82, 2.24) is 20.4 Å². The first-order chi connectivity index (χ1) is 12.0. The zero-order valence-electron chi connectivity index (χ0n) is 14.6. The van der Waals surface area contributed by atoms with Crippen LogP contribution in [0.2, 0.25) is 0 Å². The predicted octanol–water partition coefficient (Wildman–Crippen LogP) is 1.01. The van der Waals surface area contributed by atoms with E-state index < -0.39 is 11.6 Å². The summed E-state index contributed by atoms with van der Waals surface area (Å²) < 4.78 is 0. The molecule has 2 aliphatic rings. The maximum absolute atomic E-state index is 13.0. The van der Waals surface area contributed by atoms with Crippen molar-refractivity contribution in [2.45, 2.75) is 37.8 Å². The van der Waals surface area contributed by atoms with Gasteiger partial charge in [0.1, 0.15) is 5.54 Å². The summed E-state index contributed by atoms with van der Waals surface area (Å²) in [5.74, 6) is -0.359. The number of carbonyl (C=O) groups excluding carboxylic acids is 3. The number of imide groups is 1. The van der Waals surface area contributed by atoms with Gasteiger partial charge >= 0.3 is 6.03 Å². The fourth-order valence-corrected chi connectivity index (χ4v) is 3.15. The van der Waals surface area contributed by atoms with E-state index in [1.807, 2.05) is 37.3 Å². The first kappa shape index (κ1) is 17.4. The van der Waals surface area contributed by atoms with Gasteiger partial charge in [0.2, 0.25) is 5.91 Å². The van der Waals surface area contributed by atoms with Crippen molar-refractivity contribution in [3.63, 3.8) is 0 Å². The maximum Gasteiger partial charge on any atom is 0.326 e. The number of benzene rings is 1. The minimum Gasteiger partial charge on any atom is -0.352 e. The first-order valence-corrected chi connectivity index (χ1v) is 8.64. The van der Waals surface area contributed by atoms with Crippen LogP contribution in [-0.2, 0) is 15.1 Å². The van der Waals surface area contributed by atoms with E-state index in [0.717, 1.165) is 18.4 Å². The Bertz CT molecular complexity index is 674. The number of nitrogens with one attached hydrogen (secondary N) is 2. The van der Waals surface area contributed by atoms with E-state index in [1.165, 1.54) is 4.90 Å². The van der Waals surface area contributed by atoms with E-state index in [-0.39, 0.29) is 25.0 Å². The van der Waals surface area contributed by atoms with Crippen molar-refractivity contribution in [2.75, 3.05) is 20.3 Å². The molecule has 1 aliphatic carbocycles. The summed E-state index contributed by atoms with van der Waals surface area (Å²) in [6.45, 7) is 2.11. The third kappa shape index (κ3) is 3.51. The van der Waals surface area contributed by atoms with Crippen molar-refractivity contribution < 1.29 is 14.4 Å². The molecule has 1 aromatic carbocycles. The van der Waals surface area contributed by atoms with Crippen molar-refractivity contribution >= 4 is 17.8 Å². The summed E-state index contributed by atoms with van der Waals surface area (Å²) in [7, 11) is 1.72. The van der Waals surface area contributed by atoms with Crippen LogP contribution in [0.4, 0.5) is 4.79 Å². The molecular weight excluding hydrogens is 320 g/mol. The van der Waals surface area contributed by atoms with Crippen LogP contribution in [0.3, 0.4) is 0 Å². The predicted molar refractivity (Wildman–Crippen MR) is 92.5 cm³/mol. The highest BCUT2D eigenvalue weighted by atomic mass is 16.2. The Hall–Kier alpha value is -2.41. The number of likely N-dealkylation sites (N-methyl/N-ethyl adjacent to an activating group) is 1. The third-order valence-corrected chi connectivity index (χ3v) is 4.71. The molecule has 0 bridgehead atoms. The average molecular weight is 344 g/mol. The lowest BCUT2D eigenvalue weighted by molar-refractivity contribution is -0.134. The minimum absolute atomic E-state index is 0.0807. The highest BCUT2D eigenvalue weighted by Crippen LogP contribution is 2.32. The summed E-state index contributed by atoms with van der Waals surface area (Å²) in [6.07, 6.45) is 2.51. The fraction of sp³-hybridized carbons (Fsp3) is 0.500. The smallest absolute Gasteiger partial charge is 0.326 e. The largest absolute Gasteiger partial charge is 0.352 e. The quantitative estimate of drug-likeness (QED) is 0.724. The number of hydrogen-bond acceptors (Lipinski definition) is 4. The van der Waals surface area contributed by atoms with Gasteiger partial charge in [-0.1, -0.05) is 37.3 Å². The number of rotatable bonds is 7. The summed E-state index contributed by atoms with van der Waals surface area (Å²) >= 11 is 0. The van der Waals surface area contributed by atoms with Crippen molar-refractivity contribution in [3.05, 3.63) is 35.9 Å². The highest BCUT2D eigenvalue weighted by Gasteiger charge is 2.51. The third-order valence-electron chi connectivity index (χ3n) is 4.71. The second-order valence-electron chi connectivity index (χ2n) is 6.79. The van der Waals surface area contributed by atoms with Crippen LogP contribution in [0.1, 0.15) is 31.7 Å². The van der Waals surface area contributed by atoms with Gasteiger partial charge in [-0.05, 0) is 31.9 Å². The average Bonchev–Trinajstić information content (AvgIpc) is 3.37. The minimum atomic E-state index is -1.03. The van der Waals surface area contributed by atoms with Crippen LogP contribution in [0.25, 0.3) is 0 Å². The maximum atomic E-state index is 13.0. The summed E-state index contributed by atoms with van der Waals surface area (Å²) in [4.78, 5) is 40.1. The van der Waals surface area contributed by atoms with E-state index in [2.05, 4.69) is 10.6 Å². The molecule has 0 radical (unpaired) electrons. The number of hydrogen-bond donors (Lipinski definition) is 2. The van der Waals surface area contributed by atoms with E-state index in [9.17, 15) is 14.4 Å². The van der Waals surface area contributed by atoms with Gasteiger partial charge < -0.3 is 10.6 Å². The molecule has 2 fully saturated rings. The van der Waals surface area contributed by atoms with Crippen molar-refractivity contribution in [3.8, 4) is 0 Å². The molecule has 2 N–H and O–H groups in total. The van der Waals surface area contributed by atoms with E-state index >= 15 is 0 Å². The SMILES string of the molecule is CC[C@]1(c2ccccc2)NC(=O)N(CN(C)CC(=O)NC2CC2)C1=O. The lowest BCUT2D eigenvalue weighted by Crippen LogP contribution is -2.46. The second-order valence-corrected chi connectivity index (χ2v) is 6.79. The zero-order valence-corrected chi connectivity index (χ0v) is 14.6. The molecular formula is C18H24N4O3. The molecule has 25 heavy (non-hydrogen) atoms. The molecule has 7 nitrogen and oxygen atoms in total. The highest BCUT2D eigenvalue weighted by molar-refractivity contribution is 6.07.